The molecule has 130 valence electrons. The fraction of sp³-hybridized carbons (Fsp3) is 0.706. The first kappa shape index (κ1) is 15.8. The van der Waals surface area contributed by atoms with Crippen molar-refractivity contribution >= 4 is 11.7 Å². The largest absolute Gasteiger partial charge is 0.433 e. The lowest BCUT2D eigenvalue weighted by molar-refractivity contribution is -1.18. The van der Waals surface area contributed by atoms with Crippen LogP contribution in [0.2, 0.25) is 0 Å². The smallest absolute Gasteiger partial charge is 0.392 e. The van der Waals surface area contributed by atoms with E-state index < -0.39 is 4.92 Å². The highest BCUT2D eigenvalue weighted by Crippen LogP contribution is 2.40. The molecule has 2 atom stereocenters. The maximum Gasteiger partial charge on any atom is 0.433 e. The first-order valence-electron chi connectivity index (χ1n) is 8.87. The van der Waals surface area contributed by atoms with Crippen LogP contribution >= 0.6 is 0 Å². The number of nitro groups is 1. The minimum atomic E-state index is -0.484. The highest BCUT2D eigenvalue weighted by Gasteiger charge is 2.70. The molecule has 2 unspecified atom stereocenters. The Morgan fingerprint density at radius 3 is 2.50 bits per heavy atom. The molecule has 2 N–H and O–H groups in total. The molecule has 24 heavy (non-hydrogen) atoms. The number of nitrogens with one attached hydrogen (secondary N) is 2. The van der Waals surface area contributed by atoms with Gasteiger partial charge in [-0.25, -0.2) is 0 Å². The molecule has 0 radical (unpaired) electrons. The number of carbonyl (C=O) groups is 1. The Morgan fingerprint density at radius 2 is 1.96 bits per heavy atom. The quantitative estimate of drug-likeness (QED) is 0.574. The van der Waals surface area contributed by atoms with Crippen LogP contribution in [0.3, 0.4) is 0 Å². The Balaban J connectivity index is 1.66. The van der Waals surface area contributed by atoms with Crippen molar-refractivity contribution in [3.05, 3.63) is 28.0 Å². The van der Waals surface area contributed by atoms with Crippen LogP contribution in [0.15, 0.2) is 16.5 Å². The molecule has 0 amide bonds. The molecule has 4 fully saturated rings. The van der Waals surface area contributed by atoms with Crippen LogP contribution in [0, 0.1) is 20.9 Å². The Hall–Kier alpha value is -1.73. The van der Waals surface area contributed by atoms with Crippen molar-refractivity contribution in [3.8, 4) is 0 Å². The van der Waals surface area contributed by atoms with Gasteiger partial charge in [0.15, 0.2) is 5.78 Å². The lowest BCUT2D eigenvalue weighted by Crippen LogP contribution is -3.41. The number of rotatable bonds is 5. The third-order valence-corrected chi connectivity index (χ3v) is 6.30. The standard InChI is InChI=1S/C17H23N3O4/c1-3-4-7-17-10-18-8-16(2,15(17)21)9-19(11-17)14(18)12-5-6-13(24-12)20(22)23/h5-6,14H,3-4,7-11H2,1-2H3/p+2. The van der Waals surface area contributed by atoms with Crippen LogP contribution in [-0.2, 0) is 4.79 Å². The number of quaternary nitrogens is 2. The van der Waals surface area contributed by atoms with Crippen LogP contribution in [0.4, 0.5) is 5.88 Å². The third kappa shape index (κ3) is 2.07. The monoisotopic (exact) mass is 335 g/mol. The van der Waals surface area contributed by atoms with Gasteiger partial charge in [-0.1, -0.05) is 19.8 Å². The number of hydrogen-bond donors (Lipinski definition) is 2. The molecule has 0 saturated carbocycles. The van der Waals surface area contributed by atoms with Crippen LogP contribution in [-0.4, -0.2) is 36.9 Å². The van der Waals surface area contributed by atoms with Crippen molar-refractivity contribution in [2.45, 2.75) is 39.3 Å². The van der Waals surface area contributed by atoms with Gasteiger partial charge in [0.1, 0.15) is 41.9 Å². The predicted molar refractivity (Wildman–Crippen MR) is 84.6 cm³/mol. The van der Waals surface area contributed by atoms with Crippen molar-refractivity contribution in [2.75, 3.05) is 26.2 Å². The predicted octanol–water partition coefficient (Wildman–Crippen LogP) is -0.251. The number of nitrogens with zero attached hydrogens (tertiary/aromatic N) is 1. The second-order valence-electron chi connectivity index (χ2n) is 8.16. The number of unbranched alkanes of at least 4 members (excludes halogenated alkanes) is 1. The fourth-order valence-corrected chi connectivity index (χ4v) is 5.58. The second-order valence-corrected chi connectivity index (χ2v) is 8.16. The maximum atomic E-state index is 13.1. The van der Waals surface area contributed by atoms with E-state index in [1.807, 2.05) is 0 Å². The van der Waals surface area contributed by atoms with Gasteiger partial charge in [0.05, 0.1) is 6.07 Å². The van der Waals surface area contributed by atoms with Gasteiger partial charge in [-0.15, -0.1) is 0 Å². The SMILES string of the molecule is CCCCC12C[NH+]3CC(C)(C[NH+](C1)C3c1ccc([N+](=O)[O-])o1)C2=O. The van der Waals surface area contributed by atoms with Gasteiger partial charge in [-0.3, -0.25) is 24.7 Å². The van der Waals surface area contributed by atoms with Crippen LogP contribution in [0.1, 0.15) is 45.0 Å². The minimum Gasteiger partial charge on any atom is -0.392 e. The minimum absolute atomic E-state index is 0.0784. The lowest BCUT2D eigenvalue weighted by atomic mass is 9.59. The molecule has 5 rings (SSSR count). The van der Waals surface area contributed by atoms with Crippen molar-refractivity contribution in [3.63, 3.8) is 0 Å². The molecule has 1 aromatic rings. The van der Waals surface area contributed by atoms with E-state index in [9.17, 15) is 14.9 Å². The molecule has 0 aliphatic carbocycles. The van der Waals surface area contributed by atoms with Crippen LogP contribution < -0.4 is 9.80 Å². The molecule has 7 heteroatoms. The number of piperidine rings is 2. The van der Waals surface area contributed by atoms with Gasteiger partial charge in [-0.05, 0) is 13.3 Å². The molecule has 0 spiro atoms. The summed E-state index contributed by atoms with van der Waals surface area (Å²) in [5.41, 5.74) is -0.467. The molecule has 4 aliphatic rings. The maximum absolute atomic E-state index is 13.1. The van der Waals surface area contributed by atoms with E-state index in [2.05, 4.69) is 13.8 Å². The molecule has 7 nitrogen and oxygen atoms in total. The zero-order valence-electron chi connectivity index (χ0n) is 14.3. The lowest BCUT2D eigenvalue weighted by Gasteiger charge is -2.59. The molecular weight excluding hydrogens is 310 g/mol. The van der Waals surface area contributed by atoms with Crippen molar-refractivity contribution in [1.82, 2.24) is 0 Å². The summed E-state index contributed by atoms with van der Waals surface area (Å²) in [7, 11) is 0. The summed E-state index contributed by atoms with van der Waals surface area (Å²) in [4.78, 5) is 26.3. The Bertz CT molecular complexity index is 682. The summed E-state index contributed by atoms with van der Waals surface area (Å²) in [5, 5.41) is 10.9. The summed E-state index contributed by atoms with van der Waals surface area (Å²) in [6.07, 6.45) is 3.23. The van der Waals surface area contributed by atoms with Gasteiger partial charge in [-0.2, -0.15) is 0 Å². The Morgan fingerprint density at radius 1 is 1.29 bits per heavy atom. The number of Topliss-reactive ketones (excluding diaryl/α,β-unsaturated/α-hetero) is 1. The topological polar surface area (TPSA) is 82.2 Å². The second kappa shape index (κ2) is 5.13. The fourth-order valence-electron chi connectivity index (χ4n) is 5.58. The van der Waals surface area contributed by atoms with E-state index in [-0.39, 0.29) is 22.9 Å². The number of furan rings is 1. The average molecular weight is 335 g/mol. The normalized spacial score (nSPS) is 40.2. The number of carbonyl (C=O) groups excluding carboxylic acids is 1. The molecule has 0 aromatic carbocycles. The first-order chi connectivity index (χ1) is 11.4. The summed E-state index contributed by atoms with van der Waals surface area (Å²) >= 11 is 0. The van der Waals surface area contributed by atoms with Gasteiger partial charge in [0.25, 0.3) is 6.17 Å². The highest BCUT2D eigenvalue weighted by atomic mass is 16.6. The Labute approximate surface area is 140 Å². The van der Waals surface area contributed by atoms with E-state index in [1.165, 1.54) is 15.9 Å². The number of hydrogen-bond acceptors (Lipinski definition) is 4. The van der Waals surface area contributed by atoms with E-state index in [1.54, 1.807) is 6.07 Å². The Kier molecular flexibility index (Phi) is 3.37. The molecular formula is C17H25N3O4+2. The number of ketones is 1. The average Bonchev–Trinajstić information content (AvgIpc) is 2.99. The summed E-state index contributed by atoms with van der Waals surface area (Å²) in [6, 6.07) is 3.19. The highest BCUT2D eigenvalue weighted by molar-refractivity contribution is 5.91. The third-order valence-electron chi connectivity index (χ3n) is 6.30. The van der Waals surface area contributed by atoms with E-state index in [0.29, 0.717) is 11.5 Å². The molecule has 1 aromatic heterocycles. The van der Waals surface area contributed by atoms with Gasteiger partial charge in [0.2, 0.25) is 5.76 Å². The van der Waals surface area contributed by atoms with Gasteiger partial charge in [0, 0.05) is 6.07 Å². The van der Waals surface area contributed by atoms with E-state index in [4.69, 9.17) is 4.42 Å². The van der Waals surface area contributed by atoms with Crippen molar-refractivity contribution in [1.29, 1.82) is 0 Å². The summed E-state index contributed by atoms with van der Waals surface area (Å²) in [6.45, 7) is 7.56. The van der Waals surface area contributed by atoms with E-state index >= 15 is 0 Å². The van der Waals surface area contributed by atoms with Gasteiger partial charge < -0.3 is 4.42 Å². The first-order valence-corrected chi connectivity index (χ1v) is 8.87. The zero-order valence-corrected chi connectivity index (χ0v) is 14.3. The van der Waals surface area contributed by atoms with Gasteiger partial charge >= 0.3 is 5.88 Å². The van der Waals surface area contributed by atoms with E-state index in [0.717, 1.165) is 45.4 Å². The molecule has 4 bridgehead atoms. The van der Waals surface area contributed by atoms with Crippen molar-refractivity contribution < 1.29 is 23.9 Å². The van der Waals surface area contributed by atoms with Crippen LogP contribution in [0.5, 0.6) is 0 Å². The summed E-state index contributed by atoms with van der Waals surface area (Å²) in [5.74, 6) is 0.954. The molecule has 4 aliphatic heterocycles. The zero-order chi connectivity index (χ0) is 17.1. The van der Waals surface area contributed by atoms with Crippen LogP contribution in [0.25, 0.3) is 0 Å². The molecule has 4 saturated heterocycles. The molecule has 5 heterocycles. The summed E-state index contributed by atoms with van der Waals surface area (Å²) < 4.78 is 5.52. The van der Waals surface area contributed by atoms with Crippen molar-refractivity contribution in [2.24, 2.45) is 10.8 Å².